The number of rotatable bonds is 4. The Hall–Kier alpha value is -3.02. The molecule has 1 aliphatic heterocycles. The highest BCUT2D eigenvalue weighted by Gasteiger charge is 2.27. The highest BCUT2D eigenvalue weighted by molar-refractivity contribution is 5.94. The fourth-order valence-electron chi connectivity index (χ4n) is 3.54. The molecule has 1 amide bonds. The Morgan fingerprint density at radius 2 is 2.04 bits per heavy atom. The highest BCUT2D eigenvalue weighted by Crippen LogP contribution is 2.23. The van der Waals surface area contributed by atoms with E-state index in [0.717, 1.165) is 25.8 Å². The molecule has 4 rings (SSSR count). The van der Waals surface area contributed by atoms with Crippen molar-refractivity contribution in [3.63, 3.8) is 0 Å². The molecule has 0 radical (unpaired) electrons. The average molecular weight is 347 g/mol. The number of aromatic nitrogens is 4. The summed E-state index contributed by atoms with van der Waals surface area (Å²) in [4.78, 5) is 23.4. The fourth-order valence-corrected chi connectivity index (χ4v) is 3.54. The second kappa shape index (κ2) is 7.47. The Balaban J connectivity index is 1.56. The van der Waals surface area contributed by atoms with Crippen LogP contribution in [0, 0.1) is 0 Å². The summed E-state index contributed by atoms with van der Waals surface area (Å²) in [6.07, 6.45) is 8.85. The molecule has 1 aliphatic rings. The van der Waals surface area contributed by atoms with Gasteiger partial charge in [-0.25, -0.2) is 14.6 Å². The maximum atomic E-state index is 13.2. The Bertz CT molecular complexity index is 863. The molecular formula is C20H21N5O. The summed E-state index contributed by atoms with van der Waals surface area (Å²) in [5, 5.41) is 4.09. The van der Waals surface area contributed by atoms with Crippen molar-refractivity contribution in [2.45, 2.75) is 31.7 Å². The number of pyridine rings is 1. The Morgan fingerprint density at radius 3 is 2.85 bits per heavy atom. The van der Waals surface area contributed by atoms with E-state index in [9.17, 15) is 4.79 Å². The Morgan fingerprint density at radius 1 is 1.15 bits per heavy atom. The molecule has 0 aliphatic carbocycles. The first-order valence-corrected chi connectivity index (χ1v) is 8.97. The molecule has 0 bridgehead atoms. The number of hydrogen-bond donors (Lipinski definition) is 0. The lowest BCUT2D eigenvalue weighted by molar-refractivity contribution is 0.0613. The minimum Gasteiger partial charge on any atom is -0.335 e. The first kappa shape index (κ1) is 16.4. The van der Waals surface area contributed by atoms with E-state index < -0.39 is 0 Å². The summed E-state index contributed by atoms with van der Waals surface area (Å²) in [5.74, 6) is 0.666. The van der Waals surface area contributed by atoms with Crippen LogP contribution in [0.2, 0.25) is 0 Å². The van der Waals surface area contributed by atoms with E-state index in [2.05, 4.69) is 39.3 Å². The molecule has 3 heterocycles. The molecular weight excluding hydrogens is 326 g/mol. The van der Waals surface area contributed by atoms with Gasteiger partial charge in [-0.3, -0.25) is 4.79 Å². The summed E-state index contributed by atoms with van der Waals surface area (Å²) in [7, 11) is 0. The first-order chi connectivity index (χ1) is 12.8. The van der Waals surface area contributed by atoms with Gasteiger partial charge in [0.05, 0.1) is 0 Å². The molecule has 1 saturated heterocycles. The second-order valence-corrected chi connectivity index (χ2v) is 6.58. The molecule has 0 N–H and O–H groups in total. The molecule has 0 saturated carbocycles. The molecule has 132 valence electrons. The number of carbonyl (C=O) groups excluding carboxylic acids is 1. The summed E-state index contributed by atoms with van der Waals surface area (Å²) < 4.78 is 1.56. The van der Waals surface area contributed by atoms with Crippen molar-refractivity contribution in [2.75, 3.05) is 6.54 Å². The molecule has 0 unspecified atom stereocenters. The number of nitrogens with zero attached hydrogens (tertiary/aromatic N) is 5. The third-order valence-electron chi connectivity index (χ3n) is 4.85. The minimum atomic E-state index is 0.0643. The molecule has 1 atom stereocenters. The maximum absolute atomic E-state index is 13.2. The topological polar surface area (TPSA) is 63.9 Å². The van der Waals surface area contributed by atoms with Gasteiger partial charge in [0, 0.05) is 24.3 Å². The van der Waals surface area contributed by atoms with Crippen molar-refractivity contribution in [2.24, 2.45) is 0 Å². The number of hydrogen-bond acceptors (Lipinski definition) is 4. The molecule has 1 aromatic carbocycles. The average Bonchev–Trinajstić information content (AvgIpc) is 3.24. The number of piperidine rings is 1. The van der Waals surface area contributed by atoms with Gasteiger partial charge in [0.15, 0.2) is 5.82 Å². The fraction of sp³-hybridized carbons (Fsp3) is 0.300. The minimum absolute atomic E-state index is 0.0643. The zero-order valence-electron chi connectivity index (χ0n) is 14.5. The van der Waals surface area contributed by atoms with E-state index in [1.54, 1.807) is 29.3 Å². The number of likely N-dealkylation sites (tertiary alicyclic amines) is 1. The molecule has 6 nitrogen and oxygen atoms in total. The van der Waals surface area contributed by atoms with Crippen LogP contribution in [0.1, 0.15) is 35.2 Å². The lowest BCUT2D eigenvalue weighted by Crippen LogP contribution is -2.44. The van der Waals surface area contributed by atoms with Crippen molar-refractivity contribution in [3.05, 3.63) is 72.4 Å². The number of amides is 1. The van der Waals surface area contributed by atoms with Gasteiger partial charge in [-0.15, -0.1) is 0 Å². The third kappa shape index (κ3) is 3.49. The zero-order chi connectivity index (χ0) is 17.8. The van der Waals surface area contributed by atoms with Crippen LogP contribution < -0.4 is 0 Å². The predicted octanol–water partition coefficient (Wildman–Crippen LogP) is 2.90. The van der Waals surface area contributed by atoms with E-state index in [4.69, 9.17) is 0 Å². The molecule has 6 heteroatoms. The van der Waals surface area contributed by atoms with Crippen LogP contribution in [-0.2, 0) is 6.42 Å². The van der Waals surface area contributed by atoms with Gasteiger partial charge in [0.25, 0.3) is 5.91 Å². The summed E-state index contributed by atoms with van der Waals surface area (Å²) in [6.45, 7) is 0.803. The first-order valence-electron chi connectivity index (χ1n) is 8.97. The van der Waals surface area contributed by atoms with Crippen LogP contribution >= 0.6 is 0 Å². The maximum Gasteiger partial charge on any atom is 0.254 e. The van der Waals surface area contributed by atoms with Crippen molar-refractivity contribution in [1.29, 1.82) is 0 Å². The van der Waals surface area contributed by atoms with Crippen molar-refractivity contribution >= 4 is 5.91 Å². The van der Waals surface area contributed by atoms with Crippen LogP contribution in [0.25, 0.3) is 5.82 Å². The number of carbonyl (C=O) groups is 1. The van der Waals surface area contributed by atoms with E-state index in [1.807, 2.05) is 11.0 Å². The summed E-state index contributed by atoms with van der Waals surface area (Å²) in [5.41, 5.74) is 1.92. The number of benzene rings is 1. The predicted molar refractivity (Wildman–Crippen MR) is 98.0 cm³/mol. The van der Waals surface area contributed by atoms with Crippen LogP contribution in [0.15, 0.2) is 61.3 Å². The van der Waals surface area contributed by atoms with Gasteiger partial charge >= 0.3 is 0 Å². The van der Waals surface area contributed by atoms with Gasteiger partial charge in [-0.1, -0.05) is 30.3 Å². The van der Waals surface area contributed by atoms with E-state index in [0.29, 0.717) is 11.4 Å². The molecule has 26 heavy (non-hydrogen) atoms. The van der Waals surface area contributed by atoms with Crippen LogP contribution in [0.3, 0.4) is 0 Å². The van der Waals surface area contributed by atoms with Gasteiger partial charge in [0.1, 0.15) is 12.7 Å². The van der Waals surface area contributed by atoms with Crippen LogP contribution in [0.5, 0.6) is 0 Å². The van der Waals surface area contributed by atoms with Gasteiger partial charge in [-0.05, 0) is 43.4 Å². The monoisotopic (exact) mass is 347 g/mol. The summed E-state index contributed by atoms with van der Waals surface area (Å²) >= 11 is 0. The van der Waals surface area contributed by atoms with Crippen molar-refractivity contribution in [1.82, 2.24) is 24.6 Å². The van der Waals surface area contributed by atoms with Crippen LogP contribution in [0.4, 0.5) is 0 Å². The lowest BCUT2D eigenvalue weighted by atomic mass is 9.95. The quantitative estimate of drug-likeness (QED) is 0.728. The SMILES string of the molecule is O=C(c1ccnc(-n2cncn2)c1)N1CCCC[C@@H]1Cc1ccccc1. The van der Waals surface area contributed by atoms with E-state index >= 15 is 0 Å². The van der Waals surface area contributed by atoms with Gasteiger partial charge < -0.3 is 4.90 Å². The zero-order valence-corrected chi connectivity index (χ0v) is 14.5. The largest absolute Gasteiger partial charge is 0.335 e. The van der Waals surface area contributed by atoms with Crippen LogP contribution in [-0.4, -0.2) is 43.1 Å². The van der Waals surface area contributed by atoms with Crippen molar-refractivity contribution < 1.29 is 4.79 Å². The standard InChI is InChI=1S/C20H21N5O/c26-20(17-9-10-22-19(13-17)25-15-21-14-23-25)24-11-5-4-8-18(24)12-16-6-2-1-3-7-16/h1-3,6-7,9-10,13-15,18H,4-5,8,11-12H2/t18-/m1/s1. The Kier molecular flexibility index (Phi) is 4.73. The molecule has 1 fully saturated rings. The Labute approximate surface area is 152 Å². The normalized spacial score (nSPS) is 17.2. The molecule has 2 aromatic heterocycles. The van der Waals surface area contributed by atoms with Crippen molar-refractivity contribution in [3.8, 4) is 5.82 Å². The lowest BCUT2D eigenvalue weighted by Gasteiger charge is -2.36. The third-order valence-corrected chi connectivity index (χ3v) is 4.85. The van der Waals surface area contributed by atoms with Gasteiger partial charge in [0.2, 0.25) is 0 Å². The van der Waals surface area contributed by atoms with E-state index in [-0.39, 0.29) is 11.9 Å². The second-order valence-electron chi connectivity index (χ2n) is 6.58. The molecule has 0 spiro atoms. The summed E-state index contributed by atoms with van der Waals surface area (Å²) in [6, 6.07) is 14.2. The highest BCUT2D eigenvalue weighted by atomic mass is 16.2. The van der Waals surface area contributed by atoms with Gasteiger partial charge in [-0.2, -0.15) is 5.10 Å². The molecule has 3 aromatic rings. The van der Waals surface area contributed by atoms with E-state index in [1.165, 1.54) is 18.3 Å². The smallest absolute Gasteiger partial charge is 0.254 e.